The minimum absolute atomic E-state index is 0.0292. The first-order valence-electron chi connectivity index (χ1n) is 8.04. The number of pyridine rings is 1. The number of aromatic nitrogens is 2. The van der Waals surface area contributed by atoms with Crippen molar-refractivity contribution in [2.45, 2.75) is 13.0 Å². The lowest BCUT2D eigenvalue weighted by Gasteiger charge is -2.35. The summed E-state index contributed by atoms with van der Waals surface area (Å²) in [5.41, 5.74) is 0.555. The molecule has 1 aliphatic heterocycles. The molecule has 7 heteroatoms. The van der Waals surface area contributed by atoms with Crippen LogP contribution in [0, 0.1) is 0 Å². The van der Waals surface area contributed by atoms with Crippen molar-refractivity contribution < 1.29 is 9.90 Å². The van der Waals surface area contributed by atoms with E-state index in [2.05, 4.69) is 9.88 Å². The number of halogens is 1. The Bertz CT molecular complexity index is 708. The number of piperazine rings is 1. The van der Waals surface area contributed by atoms with Gasteiger partial charge in [0.15, 0.2) is 5.82 Å². The SMILES string of the molecule is C[C@@H](O)CN1CCN(C(=O)c2cccn2-c2ncccc2Cl)CC1. The number of hydrogen-bond donors (Lipinski definition) is 1. The summed E-state index contributed by atoms with van der Waals surface area (Å²) in [6.45, 7) is 5.24. The predicted octanol–water partition coefficient (Wildman–Crippen LogP) is 1.66. The van der Waals surface area contributed by atoms with Crippen LogP contribution >= 0.6 is 11.6 Å². The van der Waals surface area contributed by atoms with E-state index < -0.39 is 0 Å². The molecule has 1 N–H and O–H groups in total. The van der Waals surface area contributed by atoms with E-state index in [-0.39, 0.29) is 12.0 Å². The van der Waals surface area contributed by atoms with Crippen LogP contribution in [-0.2, 0) is 0 Å². The van der Waals surface area contributed by atoms with Crippen LogP contribution in [0.2, 0.25) is 5.02 Å². The van der Waals surface area contributed by atoms with Gasteiger partial charge in [-0.15, -0.1) is 0 Å². The Morgan fingerprint density at radius 1 is 1.29 bits per heavy atom. The Morgan fingerprint density at radius 2 is 2.04 bits per heavy atom. The van der Waals surface area contributed by atoms with E-state index >= 15 is 0 Å². The zero-order valence-corrected chi connectivity index (χ0v) is 14.4. The van der Waals surface area contributed by atoms with Crippen LogP contribution in [0.3, 0.4) is 0 Å². The minimum Gasteiger partial charge on any atom is -0.392 e. The lowest BCUT2D eigenvalue weighted by molar-refractivity contribution is 0.0547. The lowest BCUT2D eigenvalue weighted by Crippen LogP contribution is -2.50. The van der Waals surface area contributed by atoms with Crippen LogP contribution in [0.15, 0.2) is 36.7 Å². The molecule has 0 aromatic carbocycles. The van der Waals surface area contributed by atoms with Crippen molar-refractivity contribution in [2.24, 2.45) is 0 Å². The number of carbonyl (C=O) groups excluding carboxylic acids is 1. The zero-order chi connectivity index (χ0) is 17.1. The molecule has 6 nitrogen and oxygen atoms in total. The highest BCUT2D eigenvalue weighted by molar-refractivity contribution is 6.32. The summed E-state index contributed by atoms with van der Waals surface area (Å²) >= 11 is 6.21. The van der Waals surface area contributed by atoms with Crippen molar-refractivity contribution in [2.75, 3.05) is 32.7 Å². The Hall–Kier alpha value is -1.89. The maximum Gasteiger partial charge on any atom is 0.270 e. The van der Waals surface area contributed by atoms with Gasteiger partial charge >= 0.3 is 0 Å². The fourth-order valence-electron chi connectivity index (χ4n) is 2.96. The van der Waals surface area contributed by atoms with Crippen LogP contribution in [-0.4, -0.2) is 69.2 Å². The highest BCUT2D eigenvalue weighted by atomic mass is 35.5. The topological polar surface area (TPSA) is 61.6 Å². The number of amides is 1. The van der Waals surface area contributed by atoms with Gasteiger partial charge in [0.2, 0.25) is 0 Å². The summed E-state index contributed by atoms with van der Waals surface area (Å²) in [6.07, 6.45) is 3.10. The molecule has 2 aromatic heterocycles. The molecule has 24 heavy (non-hydrogen) atoms. The summed E-state index contributed by atoms with van der Waals surface area (Å²) < 4.78 is 1.73. The van der Waals surface area contributed by atoms with Gasteiger partial charge in [0.1, 0.15) is 5.69 Å². The maximum absolute atomic E-state index is 12.9. The van der Waals surface area contributed by atoms with E-state index in [9.17, 15) is 9.90 Å². The van der Waals surface area contributed by atoms with Gasteiger partial charge in [-0.05, 0) is 31.2 Å². The van der Waals surface area contributed by atoms with Crippen molar-refractivity contribution in [3.63, 3.8) is 0 Å². The maximum atomic E-state index is 12.9. The van der Waals surface area contributed by atoms with E-state index in [0.717, 1.165) is 13.1 Å². The molecule has 0 saturated carbocycles. The smallest absolute Gasteiger partial charge is 0.270 e. The molecule has 128 valence electrons. The van der Waals surface area contributed by atoms with Gasteiger partial charge in [-0.3, -0.25) is 14.3 Å². The molecule has 1 amide bonds. The second-order valence-electron chi connectivity index (χ2n) is 6.01. The molecule has 1 fully saturated rings. The zero-order valence-electron chi connectivity index (χ0n) is 13.6. The second-order valence-corrected chi connectivity index (χ2v) is 6.42. The first kappa shape index (κ1) is 17.0. The average molecular weight is 349 g/mol. The lowest BCUT2D eigenvalue weighted by atomic mass is 10.2. The number of carbonyl (C=O) groups is 1. The van der Waals surface area contributed by atoms with E-state index in [1.54, 1.807) is 42.1 Å². The molecule has 0 bridgehead atoms. The third kappa shape index (κ3) is 3.61. The monoisotopic (exact) mass is 348 g/mol. The fourth-order valence-corrected chi connectivity index (χ4v) is 3.18. The number of aliphatic hydroxyl groups excluding tert-OH is 1. The Morgan fingerprint density at radius 3 is 2.71 bits per heavy atom. The molecule has 0 radical (unpaired) electrons. The highest BCUT2D eigenvalue weighted by Crippen LogP contribution is 2.20. The van der Waals surface area contributed by atoms with E-state index in [1.807, 2.05) is 11.0 Å². The highest BCUT2D eigenvalue weighted by Gasteiger charge is 2.25. The van der Waals surface area contributed by atoms with Crippen LogP contribution in [0.4, 0.5) is 0 Å². The molecule has 0 aliphatic carbocycles. The summed E-state index contributed by atoms with van der Waals surface area (Å²) in [5, 5.41) is 9.98. The molecule has 0 unspecified atom stereocenters. The number of aliphatic hydroxyl groups is 1. The van der Waals surface area contributed by atoms with E-state index in [1.165, 1.54) is 0 Å². The summed E-state index contributed by atoms with van der Waals surface area (Å²) in [7, 11) is 0. The molecule has 3 heterocycles. The van der Waals surface area contributed by atoms with Gasteiger partial charge in [0.25, 0.3) is 5.91 Å². The Balaban J connectivity index is 1.74. The van der Waals surface area contributed by atoms with Gasteiger partial charge < -0.3 is 10.0 Å². The van der Waals surface area contributed by atoms with Crippen LogP contribution < -0.4 is 0 Å². The molecular weight excluding hydrogens is 328 g/mol. The van der Waals surface area contributed by atoms with Gasteiger partial charge in [-0.1, -0.05) is 11.6 Å². The molecule has 1 saturated heterocycles. The normalized spacial score (nSPS) is 17.0. The van der Waals surface area contributed by atoms with Crippen molar-refractivity contribution in [1.29, 1.82) is 0 Å². The number of hydrogen-bond acceptors (Lipinski definition) is 4. The largest absolute Gasteiger partial charge is 0.392 e. The standard InChI is InChI=1S/C17H21ClN4O2/c1-13(23)12-20-8-10-21(11-9-20)17(24)15-5-3-7-22(15)16-14(18)4-2-6-19-16/h2-7,13,23H,8-12H2,1H3/t13-/m1/s1. The van der Waals surface area contributed by atoms with Gasteiger partial charge in [0, 0.05) is 45.1 Å². The number of β-amino-alcohol motifs (C(OH)–C–C–N with tert-alkyl or cyclic N) is 1. The van der Waals surface area contributed by atoms with E-state index in [0.29, 0.717) is 36.2 Å². The summed E-state index contributed by atoms with van der Waals surface area (Å²) in [6, 6.07) is 7.13. The first-order chi connectivity index (χ1) is 11.6. The van der Waals surface area contributed by atoms with Crippen molar-refractivity contribution >= 4 is 17.5 Å². The molecule has 1 atom stereocenters. The van der Waals surface area contributed by atoms with Crippen LogP contribution in [0.1, 0.15) is 17.4 Å². The fraction of sp³-hybridized carbons (Fsp3) is 0.412. The van der Waals surface area contributed by atoms with Gasteiger partial charge in [-0.25, -0.2) is 4.98 Å². The predicted molar refractivity (Wildman–Crippen MR) is 92.6 cm³/mol. The molecular formula is C17H21ClN4O2. The minimum atomic E-state index is -0.351. The van der Waals surface area contributed by atoms with Crippen molar-refractivity contribution in [1.82, 2.24) is 19.4 Å². The third-order valence-corrected chi connectivity index (χ3v) is 4.41. The second kappa shape index (κ2) is 7.34. The van der Waals surface area contributed by atoms with Crippen LogP contribution in [0.25, 0.3) is 5.82 Å². The molecule has 3 rings (SSSR count). The van der Waals surface area contributed by atoms with E-state index in [4.69, 9.17) is 11.6 Å². The Labute approximate surface area is 146 Å². The third-order valence-electron chi connectivity index (χ3n) is 4.12. The number of rotatable bonds is 4. The molecule has 2 aromatic rings. The van der Waals surface area contributed by atoms with Crippen molar-refractivity contribution in [3.05, 3.63) is 47.4 Å². The molecule has 1 aliphatic rings. The Kier molecular flexibility index (Phi) is 5.18. The van der Waals surface area contributed by atoms with Crippen LogP contribution in [0.5, 0.6) is 0 Å². The van der Waals surface area contributed by atoms with Crippen molar-refractivity contribution in [3.8, 4) is 5.82 Å². The average Bonchev–Trinajstić information content (AvgIpc) is 3.04. The number of nitrogens with zero attached hydrogens (tertiary/aromatic N) is 4. The van der Waals surface area contributed by atoms with Gasteiger partial charge in [-0.2, -0.15) is 0 Å². The summed E-state index contributed by atoms with van der Waals surface area (Å²) in [4.78, 5) is 21.1. The van der Waals surface area contributed by atoms with Gasteiger partial charge in [0.05, 0.1) is 11.1 Å². The molecule has 0 spiro atoms. The summed E-state index contributed by atoms with van der Waals surface area (Å²) in [5.74, 6) is 0.527. The first-order valence-corrected chi connectivity index (χ1v) is 8.42. The quantitative estimate of drug-likeness (QED) is 0.913.